The molecule has 1 fully saturated rings. The fraction of sp³-hybridized carbons (Fsp3) is 0.308. The molecule has 0 aromatic heterocycles. The minimum absolute atomic E-state index is 0.0714. The maximum absolute atomic E-state index is 11.8. The van der Waals surface area contributed by atoms with Gasteiger partial charge in [-0.25, -0.2) is 13.9 Å². The van der Waals surface area contributed by atoms with Crippen LogP contribution in [0.2, 0.25) is 0 Å². The fourth-order valence-electron chi connectivity index (χ4n) is 2.18. The molecule has 1 aromatic carbocycles. The van der Waals surface area contributed by atoms with Crippen LogP contribution in [0.25, 0.3) is 0 Å². The van der Waals surface area contributed by atoms with Gasteiger partial charge in [-0.2, -0.15) is 8.42 Å². The maximum Gasteiger partial charge on any atom is 0.408 e. The van der Waals surface area contributed by atoms with E-state index in [9.17, 15) is 22.8 Å². The first-order valence-corrected chi connectivity index (χ1v) is 8.30. The van der Waals surface area contributed by atoms with E-state index in [4.69, 9.17) is 15.0 Å². The summed E-state index contributed by atoms with van der Waals surface area (Å²) in [6.45, 7) is -0.706. The molecule has 0 bridgehead atoms. The van der Waals surface area contributed by atoms with Gasteiger partial charge in [0.25, 0.3) is 5.91 Å². The Bertz CT molecular complexity index is 767. The average molecular weight is 373 g/mol. The second-order valence-electron chi connectivity index (χ2n) is 4.99. The summed E-state index contributed by atoms with van der Waals surface area (Å²) >= 11 is 0. The number of carbonyl (C=O) groups excluding carboxylic acids is 3. The van der Waals surface area contributed by atoms with Crippen molar-refractivity contribution in [2.24, 2.45) is 5.73 Å². The van der Waals surface area contributed by atoms with Crippen LogP contribution in [-0.2, 0) is 31.2 Å². The molecule has 3 amide bonds. The fourth-order valence-corrected chi connectivity index (χ4v) is 3.05. The Morgan fingerprint density at radius 3 is 2.44 bits per heavy atom. The van der Waals surface area contributed by atoms with Crippen molar-refractivity contribution in [3.05, 3.63) is 35.9 Å². The lowest BCUT2D eigenvalue weighted by atomic mass is 10.00. The van der Waals surface area contributed by atoms with Crippen molar-refractivity contribution in [2.45, 2.75) is 18.7 Å². The Balaban J connectivity index is 1.97. The standard InChI is InChI=1S/C13H15N3O8S/c14-12(18)23-7-9-10(11(17)16(9)25(20,21)22)15-13(19)24-6-8-4-2-1-3-5-8/h1-5,9-10H,6-7H2,(H2,14,18)(H,15,19)(H,20,21,22)/t9-,10+/m0/s1. The molecule has 0 saturated carbocycles. The zero-order valence-corrected chi connectivity index (χ0v) is 13.5. The largest absolute Gasteiger partial charge is 0.447 e. The highest BCUT2D eigenvalue weighted by Gasteiger charge is 2.54. The number of nitrogens with zero attached hydrogens (tertiary/aromatic N) is 1. The van der Waals surface area contributed by atoms with Gasteiger partial charge in [0, 0.05) is 0 Å². The molecule has 11 nitrogen and oxygen atoms in total. The van der Waals surface area contributed by atoms with Crippen molar-refractivity contribution in [2.75, 3.05) is 6.61 Å². The lowest BCUT2D eigenvalue weighted by Crippen LogP contribution is -2.73. The van der Waals surface area contributed by atoms with E-state index in [1.54, 1.807) is 30.3 Å². The number of benzene rings is 1. The number of ether oxygens (including phenoxy) is 2. The number of nitrogens with two attached hydrogens (primary N) is 1. The monoisotopic (exact) mass is 373 g/mol. The van der Waals surface area contributed by atoms with Crippen LogP contribution in [0.1, 0.15) is 5.56 Å². The van der Waals surface area contributed by atoms with Crippen LogP contribution < -0.4 is 11.1 Å². The van der Waals surface area contributed by atoms with E-state index < -0.39 is 47.1 Å². The molecule has 1 aliphatic rings. The molecule has 12 heteroatoms. The number of alkyl carbamates (subject to hydrolysis) is 1. The second kappa shape index (κ2) is 7.36. The van der Waals surface area contributed by atoms with E-state index in [-0.39, 0.29) is 10.9 Å². The first kappa shape index (κ1) is 18.5. The summed E-state index contributed by atoms with van der Waals surface area (Å²) < 4.78 is 40.8. The van der Waals surface area contributed by atoms with E-state index in [2.05, 4.69) is 10.1 Å². The van der Waals surface area contributed by atoms with E-state index in [0.29, 0.717) is 5.56 Å². The molecule has 25 heavy (non-hydrogen) atoms. The Morgan fingerprint density at radius 2 is 1.88 bits per heavy atom. The predicted octanol–water partition coefficient (Wildman–Crippen LogP) is -0.610. The summed E-state index contributed by atoms with van der Waals surface area (Å²) in [4.78, 5) is 34.2. The van der Waals surface area contributed by atoms with Gasteiger partial charge >= 0.3 is 22.5 Å². The molecule has 1 aromatic rings. The van der Waals surface area contributed by atoms with Crippen molar-refractivity contribution >= 4 is 28.4 Å². The molecule has 2 rings (SSSR count). The van der Waals surface area contributed by atoms with Gasteiger partial charge in [-0.05, 0) is 5.56 Å². The Morgan fingerprint density at radius 1 is 1.24 bits per heavy atom. The highest BCUT2D eigenvalue weighted by Crippen LogP contribution is 2.24. The second-order valence-corrected chi connectivity index (χ2v) is 6.28. The lowest BCUT2D eigenvalue weighted by Gasteiger charge is -2.43. The maximum atomic E-state index is 11.8. The van der Waals surface area contributed by atoms with Crippen LogP contribution in [0.5, 0.6) is 0 Å². The molecule has 1 aliphatic heterocycles. The number of rotatable bonds is 6. The molecule has 1 heterocycles. The molecular weight excluding hydrogens is 358 g/mol. The van der Waals surface area contributed by atoms with Crippen LogP contribution in [0, 0.1) is 0 Å². The first-order valence-electron chi connectivity index (χ1n) is 6.90. The van der Waals surface area contributed by atoms with Gasteiger partial charge in [0.05, 0.1) is 0 Å². The molecule has 0 unspecified atom stereocenters. The number of β-lactam (4-membered cyclic amide) rings is 1. The molecule has 1 saturated heterocycles. The highest BCUT2D eigenvalue weighted by molar-refractivity contribution is 7.84. The molecule has 2 atom stereocenters. The minimum Gasteiger partial charge on any atom is -0.447 e. The van der Waals surface area contributed by atoms with Crippen LogP contribution in [-0.4, -0.2) is 54.1 Å². The topological polar surface area (TPSA) is 165 Å². The van der Waals surface area contributed by atoms with Crippen molar-refractivity contribution in [1.29, 1.82) is 0 Å². The molecule has 0 spiro atoms. The van der Waals surface area contributed by atoms with E-state index in [0.717, 1.165) is 0 Å². The third kappa shape index (κ3) is 4.58. The number of amides is 3. The summed E-state index contributed by atoms with van der Waals surface area (Å²) in [5, 5.41) is 2.15. The van der Waals surface area contributed by atoms with Gasteiger partial charge in [-0.15, -0.1) is 0 Å². The molecule has 0 aliphatic carbocycles. The smallest absolute Gasteiger partial charge is 0.408 e. The van der Waals surface area contributed by atoms with E-state index in [1.165, 1.54) is 0 Å². The van der Waals surface area contributed by atoms with Gasteiger partial charge in [0.2, 0.25) is 0 Å². The normalized spacial score (nSPS) is 19.7. The molecule has 0 radical (unpaired) electrons. The first-order chi connectivity index (χ1) is 11.7. The van der Waals surface area contributed by atoms with Gasteiger partial charge in [-0.3, -0.25) is 9.35 Å². The van der Waals surface area contributed by atoms with Crippen LogP contribution in [0.4, 0.5) is 9.59 Å². The summed E-state index contributed by atoms with van der Waals surface area (Å²) in [5.41, 5.74) is 5.48. The predicted molar refractivity (Wildman–Crippen MR) is 81.3 cm³/mol. The number of carbonyl (C=O) groups is 3. The van der Waals surface area contributed by atoms with Crippen LogP contribution in [0.15, 0.2) is 30.3 Å². The van der Waals surface area contributed by atoms with Crippen LogP contribution in [0.3, 0.4) is 0 Å². The Hall–Kier alpha value is -2.86. The van der Waals surface area contributed by atoms with Crippen molar-refractivity contribution < 1.29 is 36.8 Å². The van der Waals surface area contributed by atoms with E-state index in [1.807, 2.05) is 0 Å². The SMILES string of the molecule is NC(=O)OC[C@H]1[C@@H](NC(=O)OCc2ccccc2)C(=O)N1S(=O)(=O)O. The quantitative estimate of drug-likeness (QED) is 0.439. The third-order valence-electron chi connectivity index (χ3n) is 3.30. The lowest BCUT2D eigenvalue weighted by molar-refractivity contribution is -0.144. The minimum atomic E-state index is -4.88. The molecule has 136 valence electrons. The van der Waals surface area contributed by atoms with Gasteiger partial charge < -0.3 is 20.5 Å². The van der Waals surface area contributed by atoms with Crippen molar-refractivity contribution in [1.82, 2.24) is 9.62 Å². The summed E-state index contributed by atoms with van der Waals surface area (Å²) in [5.74, 6) is -1.10. The zero-order chi connectivity index (χ0) is 18.6. The highest BCUT2D eigenvalue weighted by atomic mass is 32.2. The van der Waals surface area contributed by atoms with Gasteiger partial charge in [0.15, 0.2) is 0 Å². The van der Waals surface area contributed by atoms with Gasteiger partial charge in [0.1, 0.15) is 25.3 Å². The van der Waals surface area contributed by atoms with Gasteiger partial charge in [-0.1, -0.05) is 30.3 Å². The summed E-state index contributed by atoms with van der Waals surface area (Å²) in [6, 6.07) is 6.00. The van der Waals surface area contributed by atoms with Crippen LogP contribution >= 0.6 is 0 Å². The molecule has 4 N–H and O–H groups in total. The summed E-state index contributed by atoms with van der Waals surface area (Å²) in [6.07, 6.45) is -2.19. The Labute approximate surface area is 142 Å². The number of primary amides is 1. The van der Waals surface area contributed by atoms with Crippen molar-refractivity contribution in [3.8, 4) is 0 Å². The zero-order valence-electron chi connectivity index (χ0n) is 12.7. The summed E-state index contributed by atoms with van der Waals surface area (Å²) in [7, 11) is -4.88. The third-order valence-corrected chi connectivity index (χ3v) is 4.25. The van der Waals surface area contributed by atoms with E-state index >= 15 is 0 Å². The van der Waals surface area contributed by atoms with Crippen molar-refractivity contribution in [3.63, 3.8) is 0 Å². The number of hydrogen-bond donors (Lipinski definition) is 3. The average Bonchev–Trinajstić information content (AvgIpc) is 2.53. The molecular formula is C13H15N3O8S. The number of hydrogen-bond acceptors (Lipinski definition) is 7. The number of nitrogens with one attached hydrogen (secondary N) is 1. The Kier molecular flexibility index (Phi) is 5.44.